The second-order valence-corrected chi connectivity index (χ2v) is 4.71. The molecule has 0 aliphatic rings. The van der Waals surface area contributed by atoms with E-state index in [0.717, 1.165) is 5.56 Å². The molecular weight excluding hydrogens is 272 g/mol. The molecule has 0 heterocycles. The van der Waals surface area contributed by atoms with Gasteiger partial charge in [0, 0.05) is 23.9 Å². The molecule has 0 unspecified atom stereocenters. The number of benzene rings is 1. The van der Waals surface area contributed by atoms with E-state index in [0.29, 0.717) is 5.69 Å². The summed E-state index contributed by atoms with van der Waals surface area (Å²) in [6.07, 6.45) is 0. The number of hydrogen-bond acceptors (Lipinski definition) is 3. The van der Waals surface area contributed by atoms with Crippen molar-refractivity contribution in [1.29, 1.82) is 0 Å². The minimum Gasteiger partial charge on any atom is -0.478 e. The molecule has 0 bridgehead atoms. The van der Waals surface area contributed by atoms with Gasteiger partial charge in [0.05, 0.1) is 0 Å². The maximum atomic E-state index is 12.0. The lowest BCUT2D eigenvalue weighted by Gasteiger charge is -2.18. The molecule has 1 rings (SSSR count). The molecule has 0 atom stereocenters. The lowest BCUT2D eigenvalue weighted by Crippen LogP contribution is -2.41. The average molecular weight is 290 g/mol. The Labute approximate surface area is 123 Å². The van der Waals surface area contributed by atoms with Crippen LogP contribution >= 0.6 is 0 Å². The van der Waals surface area contributed by atoms with Gasteiger partial charge in [-0.05, 0) is 32.9 Å². The lowest BCUT2D eigenvalue weighted by molar-refractivity contribution is -0.133. The van der Waals surface area contributed by atoms with Gasteiger partial charge in [-0.3, -0.25) is 15.0 Å². The summed E-state index contributed by atoms with van der Waals surface area (Å²) < 4.78 is 0. The van der Waals surface area contributed by atoms with Crippen LogP contribution in [-0.4, -0.2) is 30.1 Å². The number of urea groups is 1. The van der Waals surface area contributed by atoms with Crippen molar-refractivity contribution in [3.05, 3.63) is 41.0 Å². The SMILES string of the molecule is CC(C(=O)O)=C(C)C(=O)NC(=O)N(C)c1ccc(C)cc1. The summed E-state index contributed by atoms with van der Waals surface area (Å²) >= 11 is 0. The summed E-state index contributed by atoms with van der Waals surface area (Å²) in [6, 6.07) is 6.58. The first-order valence-electron chi connectivity index (χ1n) is 6.30. The highest BCUT2D eigenvalue weighted by Gasteiger charge is 2.18. The monoisotopic (exact) mass is 290 g/mol. The molecule has 2 N–H and O–H groups in total. The van der Waals surface area contributed by atoms with Crippen LogP contribution in [0.25, 0.3) is 0 Å². The molecule has 0 aromatic heterocycles. The predicted molar refractivity (Wildman–Crippen MR) is 79.1 cm³/mol. The number of anilines is 1. The minimum atomic E-state index is -1.19. The van der Waals surface area contributed by atoms with Gasteiger partial charge in [0.1, 0.15) is 0 Å². The molecule has 112 valence electrons. The van der Waals surface area contributed by atoms with E-state index in [9.17, 15) is 14.4 Å². The summed E-state index contributed by atoms with van der Waals surface area (Å²) in [6.45, 7) is 4.60. The number of carbonyl (C=O) groups excluding carboxylic acids is 2. The Bertz CT molecular complexity index is 603. The van der Waals surface area contributed by atoms with Crippen LogP contribution in [0.5, 0.6) is 0 Å². The number of rotatable bonds is 3. The summed E-state index contributed by atoms with van der Waals surface area (Å²) in [5.41, 5.74) is 1.58. The van der Waals surface area contributed by atoms with E-state index in [4.69, 9.17) is 5.11 Å². The summed E-state index contributed by atoms with van der Waals surface area (Å²) in [5, 5.41) is 11.0. The van der Waals surface area contributed by atoms with Crippen molar-refractivity contribution in [2.45, 2.75) is 20.8 Å². The molecule has 6 nitrogen and oxygen atoms in total. The maximum Gasteiger partial charge on any atom is 0.331 e. The van der Waals surface area contributed by atoms with Crippen molar-refractivity contribution in [2.24, 2.45) is 0 Å². The van der Waals surface area contributed by atoms with Gasteiger partial charge in [0.25, 0.3) is 5.91 Å². The highest BCUT2D eigenvalue weighted by Crippen LogP contribution is 2.13. The summed E-state index contributed by atoms with van der Waals surface area (Å²) in [4.78, 5) is 35.8. The zero-order valence-corrected chi connectivity index (χ0v) is 12.4. The fraction of sp³-hybridized carbons (Fsp3) is 0.267. The molecule has 0 aliphatic carbocycles. The van der Waals surface area contributed by atoms with Crippen LogP contribution in [0.2, 0.25) is 0 Å². The van der Waals surface area contributed by atoms with E-state index >= 15 is 0 Å². The van der Waals surface area contributed by atoms with Gasteiger partial charge in [0.2, 0.25) is 0 Å². The second kappa shape index (κ2) is 6.69. The number of aryl methyl sites for hydroxylation is 1. The smallest absolute Gasteiger partial charge is 0.331 e. The highest BCUT2D eigenvalue weighted by atomic mass is 16.4. The average Bonchev–Trinajstić information content (AvgIpc) is 2.45. The Hall–Kier alpha value is -2.63. The second-order valence-electron chi connectivity index (χ2n) is 4.71. The van der Waals surface area contributed by atoms with Gasteiger partial charge in [0.15, 0.2) is 0 Å². The van der Waals surface area contributed by atoms with E-state index in [1.54, 1.807) is 12.1 Å². The Morgan fingerprint density at radius 3 is 2.05 bits per heavy atom. The molecule has 0 saturated carbocycles. The normalized spacial score (nSPS) is 11.4. The highest BCUT2D eigenvalue weighted by molar-refractivity contribution is 6.10. The number of amides is 3. The van der Waals surface area contributed by atoms with Crippen LogP contribution in [0.3, 0.4) is 0 Å². The number of nitrogens with one attached hydrogen (secondary N) is 1. The van der Waals surface area contributed by atoms with Gasteiger partial charge in [-0.25, -0.2) is 9.59 Å². The van der Waals surface area contributed by atoms with Crippen LogP contribution in [0.1, 0.15) is 19.4 Å². The molecule has 0 radical (unpaired) electrons. The molecule has 1 aromatic carbocycles. The molecular formula is C15H18N2O4. The molecule has 21 heavy (non-hydrogen) atoms. The largest absolute Gasteiger partial charge is 0.478 e. The van der Waals surface area contributed by atoms with E-state index < -0.39 is 17.9 Å². The Balaban J connectivity index is 2.81. The molecule has 0 aliphatic heterocycles. The number of carbonyl (C=O) groups is 3. The van der Waals surface area contributed by atoms with Gasteiger partial charge in [-0.1, -0.05) is 17.7 Å². The zero-order valence-electron chi connectivity index (χ0n) is 12.4. The van der Waals surface area contributed by atoms with Gasteiger partial charge in [-0.2, -0.15) is 0 Å². The fourth-order valence-corrected chi connectivity index (χ4v) is 1.49. The van der Waals surface area contributed by atoms with Crippen LogP contribution < -0.4 is 10.2 Å². The van der Waals surface area contributed by atoms with Crippen molar-refractivity contribution >= 4 is 23.6 Å². The molecule has 1 aromatic rings. The van der Waals surface area contributed by atoms with Crippen molar-refractivity contribution < 1.29 is 19.5 Å². The van der Waals surface area contributed by atoms with Crippen LogP contribution in [-0.2, 0) is 9.59 Å². The van der Waals surface area contributed by atoms with Gasteiger partial charge >= 0.3 is 12.0 Å². The molecule has 0 spiro atoms. The first-order chi connectivity index (χ1) is 9.73. The maximum absolute atomic E-state index is 12.0. The molecule has 6 heteroatoms. The van der Waals surface area contributed by atoms with E-state index in [2.05, 4.69) is 5.32 Å². The lowest BCUT2D eigenvalue weighted by atomic mass is 10.1. The summed E-state index contributed by atoms with van der Waals surface area (Å²) in [7, 11) is 1.52. The first kappa shape index (κ1) is 16.4. The van der Waals surface area contributed by atoms with E-state index in [1.807, 2.05) is 19.1 Å². The van der Waals surface area contributed by atoms with Crippen LogP contribution in [0, 0.1) is 6.92 Å². The first-order valence-corrected chi connectivity index (χ1v) is 6.30. The molecule has 0 saturated heterocycles. The van der Waals surface area contributed by atoms with Crippen LogP contribution in [0.15, 0.2) is 35.4 Å². The number of carboxylic acids is 1. The predicted octanol–water partition coefficient (Wildman–Crippen LogP) is 2.09. The fourth-order valence-electron chi connectivity index (χ4n) is 1.49. The van der Waals surface area contributed by atoms with E-state index in [-0.39, 0.29) is 11.1 Å². The molecule has 3 amide bonds. The topological polar surface area (TPSA) is 86.7 Å². The Morgan fingerprint density at radius 1 is 1.05 bits per heavy atom. The third-order valence-corrected chi connectivity index (χ3v) is 3.17. The number of nitrogens with zero attached hydrogens (tertiary/aromatic N) is 1. The Kier molecular flexibility index (Phi) is 5.24. The number of aliphatic carboxylic acids is 1. The van der Waals surface area contributed by atoms with E-state index in [1.165, 1.54) is 25.8 Å². The standard InChI is InChI=1S/C15H18N2O4/c1-9-5-7-12(8-6-9)17(4)15(21)16-13(18)10(2)11(3)14(19)20/h5-8H,1-4H3,(H,19,20)(H,16,18,21). The van der Waals surface area contributed by atoms with Gasteiger partial charge < -0.3 is 5.11 Å². The third kappa shape index (κ3) is 4.17. The van der Waals surface area contributed by atoms with Crippen molar-refractivity contribution in [3.63, 3.8) is 0 Å². The Morgan fingerprint density at radius 2 is 1.57 bits per heavy atom. The number of imide groups is 1. The third-order valence-electron chi connectivity index (χ3n) is 3.17. The van der Waals surface area contributed by atoms with Crippen molar-refractivity contribution in [1.82, 2.24) is 5.32 Å². The quantitative estimate of drug-likeness (QED) is 0.834. The number of hydrogen-bond donors (Lipinski definition) is 2. The minimum absolute atomic E-state index is 0.00634. The van der Waals surface area contributed by atoms with Crippen molar-refractivity contribution in [3.8, 4) is 0 Å². The van der Waals surface area contributed by atoms with Crippen LogP contribution in [0.4, 0.5) is 10.5 Å². The molecule has 0 fully saturated rings. The number of carboxylic acid groups (broad SMARTS) is 1. The van der Waals surface area contributed by atoms with Crippen molar-refractivity contribution in [2.75, 3.05) is 11.9 Å². The van der Waals surface area contributed by atoms with Gasteiger partial charge in [-0.15, -0.1) is 0 Å². The zero-order chi connectivity index (χ0) is 16.2. The summed E-state index contributed by atoms with van der Waals surface area (Å²) in [5.74, 6) is -1.92.